The van der Waals surface area contributed by atoms with E-state index in [2.05, 4.69) is 5.32 Å². The zero-order valence-electron chi connectivity index (χ0n) is 9.90. The summed E-state index contributed by atoms with van der Waals surface area (Å²) in [6.45, 7) is 1.37. The normalized spacial score (nSPS) is 24.3. The van der Waals surface area contributed by atoms with Crippen LogP contribution in [0.2, 0.25) is 0 Å². The first kappa shape index (κ1) is 11.9. The predicted octanol–water partition coefficient (Wildman–Crippen LogP) is 1.40. The maximum absolute atomic E-state index is 11.6. The molecule has 2 rings (SSSR count). The van der Waals surface area contributed by atoms with Gasteiger partial charge in [0.05, 0.1) is 7.11 Å². The number of piperidine rings is 1. The Bertz CT molecular complexity index is 411. The van der Waals surface area contributed by atoms with Crippen LogP contribution in [0, 0.1) is 0 Å². The van der Waals surface area contributed by atoms with Crippen molar-refractivity contribution < 1.29 is 14.6 Å². The van der Waals surface area contributed by atoms with Crippen molar-refractivity contribution >= 4 is 5.97 Å². The molecule has 0 amide bonds. The lowest BCUT2D eigenvalue weighted by Crippen LogP contribution is -2.49. The number of hydrogen-bond acceptors (Lipinski definition) is 3. The zero-order valence-corrected chi connectivity index (χ0v) is 9.90. The van der Waals surface area contributed by atoms with Crippen molar-refractivity contribution in [1.29, 1.82) is 0 Å². The number of methoxy groups -OCH3 is 1. The van der Waals surface area contributed by atoms with Crippen LogP contribution in [0.1, 0.15) is 18.4 Å². The smallest absolute Gasteiger partial charge is 0.315 e. The molecule has 4 heteroatoms. The number of carbonyl (C=O) groups is 1. The molecule has 1 aliphatic heterocycles. The highest BCUT2D eigenvalue weighted by atomic mass is 16.5. The molecule has 1 aromatic carbocycles. The second-order valence-corrected chi connectivity index (χ2v) is 4.40. The second kappa shape index (κ2) is 4.75. The summed E-state index contributed by atoms with van der Waals surface area (Å²) in [6.07, 6.45) is 1.55. The molecule has 0 saturated carbocycles. The van der Waals surface area contributed by atoms with Gasteiger partial charge >= 0.3 is 5.97 Å². The van der Waals surface area contributed by atoms with Gasteiger partial charge in [-0.25, -0.2) is 0 Å². The van der Waals surface area contributed by atoms with Gasteiger partial charge in [0.1, 0.15) is 11.2 Å². The zero-order chi connectivity index (χ0) is 12.3. The molecule has 1 atom stereocenters. The molecule has 17 heavy (non-hydrogen) atoms. The maximum Gasteiger partial charge on any atom is 0.315 e. The maximum atomic E-state index is 11.6. The van der Waals surface area contributed by atoms with Crippen LogP contribution in [-0.4, -0.2) is 31.3 Å². The van der Waals surface area contributed by atoms with Gasteiger partial charge in [0.2, 0.25) is 0 Å². The Morgan fingerprint density at radius 3 is 2.94 bits per heavy atom. The van der Waals surface area contributed by atoms with E-state index in [1.807, 2.05) is 24.3 Å². The molecule has 4 nitrogen and oxygen atoms in total. The van der Waals surface area contributed by atoms with Crippen LogP contribution in [0.5, 0.6) is 5.75 Å². The average molecular weight is 235 g/mol. The summed E-state index contributed by atoms with van der Waals surface area (Å²) in [7, 11) is 1.59. The molecule has 1 aliphatic rings. The summed E-state index contributed by atoms with van der Waals surface area (Å²) < 4.78 is 5.16. The highest BCUT2D eigenvalue weighted by molar-refractivity contribution is 5.82. The van der Waals surface area contributed by atoms with Gasteiger partial charge in [-0.1, -0.05) is 12.1 Å². The van der Waals surface area contributed by atoms with Gasteiger partial charge in [-0.15, -0.1) is 0 Å². The van der Waals surface area contributed by atoms with E-state index in [4.69, 9.17) is 4.74 Å². The monoisotopic (exact) mass is 235 g/mol. The Balaban J connectivity index is 2.41. The van der Waals surface area contributed by atoms with Crippen molar-refractivity contribution in [2.24, 2.45) is 0 Å². The number of ether oxygens (including phenoxy) is 1. The van der Waals surface area contributed by atoms with Crippen molar-refractivity contribution in [1.82, 2.24) is 5.32 Å². The third-order valence-electron chi connectivity index (χ3n) is 3.42. The summed E-state index contributed by atoms with van der Waals surface area (Å²) in [6, 6.07) is 7.35. The minimum absolute atomic E-state index is 0.482. The lowest BCUT2D eigenvalue weighted by Gasteiger charge is -2.34. The largest absolute Gasteiger partial charge is 0.497 e. The minimum atomic E-state index is -0.813. The number of nitrogens with one attached hydrogen (secondary N) is 1. The van der Waals surface area contributed by atoms with E-state index in [1.165, 1.54) is 0 Å². The van der Waals surface area contributed by atoms with Crippen molar-refractivity contribution in [2.75, 3.05) is 20.2 Å². The fourth-order valence-electron chi connectivity index (χ4n) is 2.38. The molecular weight excluding hydrogens is 218 g/mol. The Labute approximate surface area is 101 Å². The number of benzene rings is 1. The number of aliphatic carboxylic acids is 1. The van der Waals surface area contributed by atoms with Gasteiger partial charge in [-0.2, -0.15) is 0 Å². The first-order valence-electron chi connectivity index (χ1n) is 5.78. The average Bonchev–Trinajstić information content (AvgIpc) is 2.39. The van der Waals surface area contributed by atoms with E-state index in [0.717, 1.165) is 18.5 Å². The molecular formula is C13H17NO3. The Hall–Kier alpha value is -1.55. The number of carboxylic acids is 1. The van der Waals surface area contributed by atoms with Gasteiger partial charge in [0.25, 0.3) is 0 Å². The van der Waals surface area contributed by atoms with Crippen molar-refractivity contribution in [3.05, 3.63) is 29.8 Å². The Kier molecular flexibility index (Phi) is 3.33. The van der Waals surface area contributed by atoms with Crippen LogP contribution in [0.4, 0.5) is 0 Å². The highest BCUT2D eigenvalue weighted by Crippen LogP contribution is 2.33. The minimum Gasteiger partial charge on any atom is -0.497 e. The fraction of sp³-hybridized carbons (Fsp3) is 0.462. The lowest BCUT2D eigenvalue weighted by atomic mass is 9.75. The topological polar surface area (TPSA) is 58.6 Å². The number of carboxylic acid groups (broad SMARTS) is 1. The van der Waals surface area contributed by atoms with Crippen LogP contribution in [0.25, 0.3) is 0 Å². The second-order valence-electron chi connectivity index (χ2n) is 4.40. The van der Waals surface area contributed by atoms with Crippen LogP contribution >= 0.6 is 0 Å². The molecule has 1 saturated heterocycles. The summed E-state index contributed by atoms with van der Waals surface area (Å²) in [5, 5.41) is 12.7. The van der Waals surface area contributed by atoms with Gasteiger partial charge in [0.15, 0.2) is 0 Å². The van der Waals surface area contributed by atoms with Crippen LogP contribution in [-0.2, 0) is 10.2 Å². The van der Waals surface area contributed by atoms with Gasteiger partial charge in [-0.3, -0.25) is 4.79 Å². The van der Waals surface area contributed by atoms with Crippen LogP contribution < -0.4 is 10.1 Å². The number of hydrogen-bond donors (Lipinski definition) is 2. The predicted molar refractivity (Wildman–Crippen MR) is 64.4 cm³/mol. The van der Waals surface area contributed by atoms with Gasteiger partial charge in [0, 0.05) is 6.54 Å². The van der Waals surface area contributed by atoms with Crippen LogP contribution in [0.3, 0.4) is 0 Å². The first-order chi connectivity index (χ1) is 8.19. The van der Waals surface area contributed by atoms with Crippen molar-refractivity contribution in [2.45, 2.75) is 18.3 Å². The molecule has 0 spiro atoms. The highest BCUT2D eigenvalue weighted by Gasteiger charge is 2.41. The number of rotatable bonds is 3. The van der Waals surface area contributed by atoms with E-state index in [9.17, 15) is 9.90 Å². The van der Waals surface area contributed by atoms with E-state index in [1.54, 1.807) is 7.11 Å². The molecule has 92 valence electrons. The molecule has 1 unspecified atom stereocenters. The third kappa shape index (κ3) is 2.13. The summed E-state index contributed by atoms with van der Waals surface area (Å²) in [5.74, 6) is -0.0633. The van der Waals surface area contributed by atoms with Crippen molar-refractivity contribution in [3.63, 3.8) is 0 Å². The fourth-order valence-corrected chi connectivity index (χ4v) is 2.38. The molecule has 1 fully saturated rings. The first-order valence-corrected chi connectivity index (χ1v) is 5.78. The summed E-state index contributed by atoms with van der Waals surface area (Å²) >= 11 is 0. The molecule has 0 aromatic heterocycles. The van der Waals surface area contributed by atoms with Gasteiger partial charge < -0.3 is 15.2 Å². The van der Waals surface area contributed by atoms with E-state index in [-0.39, 0.29) is 0 Å². The molecule has 0 aliphatic carbocycles. The van der Waals surface area contributed by atoms with E-state index >= 15 is 0 Å². The van der Waals surface area contributed by atoms with E-state index < -0.39 is 11.4 Å². The molecule has 0 bridgehead atoms. The Morgan fingerprint density at radius 2 is 2.35 bits per heavy atom. The Morgan fingerprint density at radius 1 is 1.53 bits per heavy atom. The molecule has 1 heterocycles. The summed E-state index contributed by atoms with van der Waals surface area (Å²) in [4.78, 5) is 11.6. The van der Waals surface area contributed by atoms with Crippen molar-refractivity contribution in [3.8, 4) is 5.75 Å². The molecule has 2 N–H and O–H groups in total. The lowest BCUT2D eigenvalue weighted by molar-refractivity contribution is -0.144. The molecule has 1 aromatic rings. The van der Waals surface area contributed by atoms with E-state index in [0.29, 0.717) is 18.7 Å². The molecule has 0 radical (unpaired) electrons. The summed E-state index contributed by atoms with van der Waals surface area (Å²) in [5.41, 5.74) is 0.00354. The standard InChI is InChI=1S/C13H17NO3/c1-17-11-5-2-4-10(8-11)13(12(15)16)6-3-7-14-9-13/h2,4-5,8,14H,3,6-7,9H2,1H3,(H,15,16). The van der Waals surface area contributed by atoms with Crippen LogP contribution in [0.15, 0.2) is 24.3 Å². The quantitative estimate of drug-likeness (QED) is 0.831. The third-order valence-corrected chi connectivity index (χ3v) is 3.42. The SMILES string of the molecule is COc1cccc(C2(C(=O)O)CCCNC2)c1. The van der Waals surface area contributed by atoms with Gasteiger partial charge in [-0.05, 0) is 37.1 Å².